The number of phosphoric ester groups is 1. The Labute approximate surface area is 180 Å². The minimum atomic E-state index is -5.70. The van der Waals surface area contributed by atoms with Crippen LogP contribution in [0.15, 0.2) is 17.1 Å². The molecule has 1 aromatic rings. The van der Waals surface area contributed by atoms with Gasteiger partial charge < -0.3 is 39.1 Å². The highest BCUT2D eigenvalue weighted by molar-refractivity contribution is 7.66. The molecule has 3 unspecified atom stereocenters. The lowest BCUT2D eigenvalue weighted by Crippen LogP contribution is -2.37. The number of hydrogen-bond donors (Lipinski definition) is 5. The molecule has 2 rings (SSSR count). The van der Waals surface area contributed by atoms with Crippen LogP contribution in [-0.2, 0) is 36.3 Å². The van der Waals surface area contributed by atoms with Gasteiger partial charge in [0.2, 0.25) is 0 Å². The summed E-state index contributed by atoms with van der Waals surface area (Å²) >= 11 is 0. The van der Waals surface area contributed by atoms with E-state index >= 15 is 0 Å². The molecule has 1 fully saturated rings. The Morgan fingerprint density at radius 2 is 1.78 bits per heavy atom. The van der Waals surface area contributed by atoms with E-state index < -0.39 is 60.3 Å². The highest BCUT2D eigenvalue weighted by Gasteiger charge is 2.47. The van der Waals surface area contributed by atoms with Crippen LogP contribution in [0.1, 0.15) is 6.23 Å². The lowest BCUT2D eigenvalue weighted by Gasteiger charge is -2.21. The number of aromatic nitrogens is 2. The van der Waals surface area contributed by atoms with Gasteiger partial charge in [0.25, 0.3) is 0 Å². The SMILES string of the molecule is CO[C@H]1C(O)[C@@H](COP(=O)(O)OP(=O)(O)OP(=O)(O)O)O[C@H]1n1ccc(N(C)C)nc1=O. The number of hydrogen-bond acceptors (Lipinski definition) is 12. The zero-order valence-electron chi connectivity index (χ0n) is 16.8. The van der Waals surface area contributed by atoms with Gasteiger partial charge in [0, 0.05) is 27.4 Å². The Morgan fingerprint density at radius 1 is 1.16 bits per heavy atom. The minimum Gasteiger partial charge on any atom is -0.387 e. The number of nitrogens with zero attached hydrogens (tertiary/aromatic N) is 3. The predicted molar refractivity (Wildman–Crippen MR) is 103 cm³/mol. The number of phosphoric acid groups is 3. The van der Waals surface area contributed by atoms with Gasteiger partial charge in [-0.3, -0.25) is 9.09 Å². The van der Waals surface area contributed by atoms with Gasteiger partial charge >= 0.3 is 29.2 Å². The van der Waals surface area contributed by atoms with Gasteiger partial charge in [-0.05, 0) is 6.07 Å². The summed E-state index contributed by atoms with van der Waals surface area (Å²) in [6.45, 7) is -0.917. The smallest absolute Gasteiger partial charge is 0.387 e. The van der Waals surface area contributed by atoms with Crippen LogP contribution in [0.5, 0.6) is 0 Å². The maximum atomic E-state index is 12.3. The molecule has 20 heteroatoms. The lowest BCUT2D eigenvalue weighted by molar-refractivity contribution is -0.0619. The monoisotopic (exact) mass is 525 g/mol. The Morgan fingerprint density at radius 3 is 2.28 bits per heavy atom. The van der Waals surface area contributed by atoms with Gasteiger partial charge in [0.1, 0.15) is 24.1 Å². The first-order valence-electron chi connectivity index (χ1n) is 8.46. The summed E-state index contributed by atoms with van der Waals surface area (Å²) in [4.78, 5) is 53.5. The zero-order chi connectivity index (χ0) is 24.5. The fourth-order valence-corrected chi connectivity index (χ4v) is 5.68. The molecule has 0 aromatic carbocycles. The van der Waals surface area contributed by atoms with E-state index in [0.29, 0.717) is 5.82 Å². The summed E-state index contributed by atoms with van der Waals surface area (Å²) in [6.07, 6.45) is -3.93. The molecule has 1 aromatic heterocycles. The molecule has 0 amide bonds. The fourth-order valence-electron chi connectivity index (χ4n) is 2.65. The molecular weight excluding hydrogens is 503 g/mol. The van der Waals surface area contributed by atoms with Crippen molar-refractivity contribution in [3.8, 4) is 0 Å². The largest absolute Gasteiger partial charge is 0.490 e. The first kappa shape index (κ1) is 27.2. The molecule has 0 saturated carbocycles. The number of rotatable bonds is 10. The van der Waals surface area contributed by atoms with Crippen molar-refractivity contribution < 1.29 is 61.0 Å². The quantitative estimate of drug-likeness (QED) is 0.229. The molecule has 32 heavy (non-hydrogen) atoms. The van der Waals surface area contributed by atoms with E-state index in [-0.39, 0.29) is 0 Å². The summed E-state index contributed by atoms with van der Waals surface area (Å²) in [7, 11) is -12.1. The molecule has 184 valence electrons. The number of aliphatic hydroxyl groups is 1. The van der Waals surface area contributed by atoms with Crippen LogP contribution in [0.3, 0.4) is 0 Å². The Hall–Kier alpha value is -1.03. The van der Waals surface area contributed by atoms with Gasteiger partial charge in [-0.1, -0.05) is 0 Å². The van der Waals surface area contributed by atoms with Crippen molar-refractivity contribution in [1.29, 1.82) is 0 Å². The Bertz CT molecular complexity index is 1010. The third-order valence-corrected chi connectivity index (χ3v) is 7.75. The van der Waals surface area contributed by atoms with E-state index in [2.05, 4.69) is 18.1 Å². The first-order valence-corrected chi connectivity index (χ1v) is 13.0. The lowest BCUT2D eigenvalue weighted by atomic mass is 10.1. The molecule has 6 atom stereocenters. The molecular formula is C12H22N3O14P3. The number of ether oxygens (including phenoxy) is 2. The Kier molecular flexibility index (Phi) is 8.57. The van der Waals surface area contributed by atoms with E-state index in [0.717, 1.165) is 4.57 Å². The van der Waals surface area contributed by atoms with E-state index in [1.807, 2.05) is 0 Å². The molecule has 1 aliphatic heterocycles. The van der Waals surface area contributed by atoms with Crippen molar-refractivity contribution in [1.82, 2.24) is 9.55 Å². The molecule has 1 aliphatic rings. The summed E-state index contributed by atoms with van der Waals surface area (Å²) in [6, 6.07) is 1.49. The van der Waals surface area contributed by atoms with Crippen LogP contribution >= 0.6 is 23.5 Å². The molecule has 0 spiro atoms. The summed E-state index contributed by atoms with van der Waals surface area (Å²) < 4.78 is 57.1. The second-order valence-corrected chi connectivity index (χ2v) is 10.9. The van der Waals surface area contributed by atoms with Gasteiger partial charge in [0.15, 0.2) is 6.23 Å². The molecule has 0 aliphatic carbocycles. The zero-order valence-corrected chi connectivity index (χ0v) is 19.4. The van der Waals surface area contributed by atoms with Crippen LogP contribution in [0.2, 0.25) is 0 Å². The second-order valence-electron chi connectivity index (χ2n) is 6.51. The molecule has 0 bridgehead atoms. The molecule has 1 saturated heterocycles. The van der Waals surface area contributed by atoms with Crippen molar-refractivity contribution in [3.63, 3.8) is 0 Å². The van der Waals surface area contributed by atoms with Crippen LogP contribution in [0, 0.1) is 0 Å². The standard InChI is InChI=1S/C12H22N3O14P3/c1-14(2)8-4-5-15(12(17)13-8)11-10(25-3)9(16)7(27-11)6-26-31(21,22)29-32(23,24)28-30(18,19)20/h4-5,7,9-11,16H,6H2,1-3H3,(H,21,22)(H,23,24)(H2,18,19,20)/t7-,9?,10+,11-/m1/s1. The second kappa shape index (κ2) is 10.1. The van der Waals surface area contributed by atoms with Crippen LogP contribution in [0.25, 0.3) is 0 Å². The van der Waals surface area contributed by atoms with Crippen LogP contribution in [0.4, 0.5) is 5.82 Å². The maximum Gasteiger partial charge on any atom is 0.490 e. The number of methoxy groups -OCH3 is 1. The number of aliphatic hydroxyl groups excluding tert-OH is 1. The predicted octanol–water partition coefficient (Wildman–Crippen LogP) is -1.07. The van der Waals surface area contributed by atoms with Crippen molar-refractivity contribution in [2.45, 2.75) is 24.5 Å². The van der Waals surface area contributed by atoms with Crippen molar-refractivity contribution in [2.75, 3.05) is 32.7 Å². The van der Waals surface area contributed by atoms with E-state index in [9.17, 15) is 28.5 Å². The molecule has 5 N–H and O–H groups in total. The fraction of sp³-hybridized carbons (Fsp3) is 0.667. The van der Waals surface area contributed by atoms with E-state index in [4.69, 9.17) is 24.2 Å². The van der Waals surface area contributed by atoms with Gasteiger partial charge in [-0.15, -0.1) is 0 Å². The van der Waals surface area contributed by atoms with Crippen molar-refractivity contribution >= 4 is 29.3 Å². The summed E-state index contributed by atoms with van der Waals surface area (Å²) in [5, 5.41) is 10.4. The summed E-state index contributed by atoms with van der Waals surface area (Å²) in [5.74, 6) is 0.350. The minimum absolute atomic E-state index is 0.350. The number of anilines is 1. The first-order chi connectivity index (χ1) is 14.6. The van der Waals surface area contributed by atoms with Crippen molar-refractivity contribution in [2.24, 2.45) is 0 Å². The Balaban J connectivity index is 2.12. The molecule has 17 nitrogen and oxygen atoms in total. The maximum absolute atomic E-state index is 12.3. The average molecular weight is 525 g/mol. The highest BCUT2D eigenvalue weighted by atomic mass is 31.3. The van der Waals surface area contributed by atoms with Crippen molar-refractivity contribution in [3.05, 3.63) is 22.7 Å². The topological polar surface area (TPSA) is 237 Å². The van der Waals surface area contributed by atoms with Crippen LogP contribution < -0.4 is 10.6 Å². The van der Waals surface area contributed by atoms with Gasteiger partial charge in [0.05, 0.1) is 6.61 Å². The van der Waals surface area contributed by atoms with Crippen LogP contribution in [-0.4, -0.2) is 80.4 Å². The molecule has 0 radical (unpaired) electrons. The van der Waals surface area contributed by atoms with E-state index in [1.54, 1.807) is 19.0 Å². The van der Waals surface area contributed by atoms with E-state index in [1.165, 1.54) is 19.4 Å². The van der Waals surface area contributed by atoms with Gasteiger partial charge in [-0.2, -0.15) is 13.6 Å². The molecule has 2 heterocycles. The average Bonchev–Trinajstić information content (AvgIpc) is 2.92. The summed E-state index contributed by atoms with van der Waals surface area (Å²) in [5.41, 5.74) is -0.746. The normalized spacial score (nSPS) is 27.6. The van der Waals surface area contributed by atoms with Gasteiger partial charge in [-0.25, -0.2) is 18.5 Å². The third-order valence-electron chi connectivity index (χ3n) is 3.95. The highest BCUT2D eigenvalue weighted by Crippen LogP contribution is 2.66. The third kappa shape index (κ3) is 7.23.